The lowest BCUT2D eigenvalue weighted by atomic mass is 10.0. The van der Waals surface area contributed by atoms with Crippen LogP contribution < -0.4 is 0 Å². The molecule has 11 rings (SSSR count). The van der Waals surface area contributed by atoms with E-state index in [9.17, 15) is 0 Å². The largest absolute Gasteiger partial charge is 0.452 e. The monoisotopic (exact) mass is 735 g/mol. The summed E-state index contributed by atoms with van der Waals surface area (Å²) in [6, 6.07) is 59.9. The Kier molecular flexibility index (Phi) is 7.57. The lowest BCUT2D eigenvalue weighted by Gasteiger charge is -2.11. The summed E-state index contributed by atoms with van der Waals surface area (Å²) < 4.78 is 8.61. The molecule has 0 saturated carbocycles. The molecule has 11 aromatic rings. The average Bonchev–Trinajstić information content (AvgIpc) is 3.86. The Labute approximate surface area is 325 Å². The number of benzene rings is 7. The summed E-state index contributed by atoms with van der Waals surface area (Å²) in [5.41, 5.74) is 9.98. The van der Waals surface area contributed by atoms with E-state index in [0.717, 1.165) is 81.3 Å². The number of hydrogen-bond donors (Lipinski definition) is 0. The van der Waals surface area contributed by atoms with Gasteiger partial charge in [0.1, 0.15) is 16.8 Å². The van der Waals surface area contributed by atoms with Crippen LogP contribution in [0.25, 0.3) is 110 Å². The Morgan fingerprint density at radius 2 is 0.964 bits per heavy atom. The number of rotatable bonds is 6. The maximum atomic E-state index is 6.40. The van der Waals surface area contributed by atoms with Crippen molar-refractivity contribution in [3.63, 3.8) is 0 Å². The smallest absolute Gasteiger partial charge is 0.180 e. The van der Waals surface area contributed by atoms with Crippen LogP contribution in [0.3, 0.4) is 0 Å². The van der Waals surface area contributed by atoms with Gasteiger partial charge in [-0.1, -0.05) is 146 Å². The summed E-state index contributed by atoms with van der Waals surface area (Å²) in [6.45, 7) is 0. The highest BCUT2D eigenvalue weighted by Gasteiger charge is 2.22. The number of aromatic nitrogens is 5. The molecule has 0 unspecified atom stereocenters. The molecule has 0 aliphatic rings. The van der Waals surface area contributed by atoms with Crippen LogP contribution >= 0.6 is 11.3 Å². The van der Waals surface area contributed by atoms with Gasteiger partial charge in [-0.25, -0.2) is 24.9 Å². The van der Waals surface area contributed by atoms with E-state index in [4.69, 9.17) is 29.3 Å². The molecule has 262 valence electrons. The number of para-hydroxylation sites is 1. The second-order valence-corrected chi connectivity index (χ2v) is 14.7. The van der Waals surface area contributed by atoms with Gasteiger partial charge in [-0.2, -0.15) is 0 Å². The standard InChI is InChI=1S/C49H29N5OS/c1-4-15-30(16-5-1)33-21-12-22-34(29-33)47-52-46(32-19-8-3-9-20-32)53-48(54-47)37-25-14-28-40-41(37)36-24-13-26-38(45(36)56-40)49-50-42(31-17-6-2-7-18-31)44-43(51-49)35-23-10-11-27-39(35)55-44/h1-29H. The summed E-state index contributed by atoms with van der Waals surface area (Å²) >= 11 is 1.73. The molecule has 0 fully saturated rings. The molecule has 0 aliphatic heterocycles. The molecule has 0 amide bonds. The normalized spacial score (nSPS) is 11.6. The lowest BCUT2D eigenvalue weighted by molar-refractivity contribution is 0.667. The molecule has 6 nitrogen and oxygen atoms in total. The minimum absolute atomic E-state index is 0.614. The third kappa shape index (κ3) is 5.44. The number of nitrogens with zero attached hydrogens (tertiary/aromatic N) is 5. The van der Waals surface area contributed by atoms with Crippen molar-refractivity contribution >= 4 is 53.6 Å². The molecule has 4 aromatic heterocycles. The first-order valence-electron chi connectivity index (χ1n) is 18.4. The van der Waals surface area contributed by atoms with Gasteiger partial charge in [0.2, 0.25) is 0 Å². The number of furan rings is 1. The van der Waals surface area contributed by atoms with Gasteiger partial charge in [0.05, 0.1) is 0 Å². The van der Waals surface area contributed by atoms with Crippen LogP contribution in [0.15, 0.2) is 180 Å². The number of thiophene rings is 1. The van der Waals surface area contributed by atoms with Gasteiger partial charge >= 0.3 is 0 Å². The molecule has 7 heteroatoms. The number of hydrogen-bond acceptors (Lipinski definition) is 7. The first-order valence-corrected chi connectivity index (χ1v) is 19.2. The van der Waals surface area contributed by atoms with Crippen molar-refractivity contribution in [2.24, 2.45) is 0 Å². The fourth-order valence-corrected chi connectivity index (χ4v) is 8.76. The van der Waals surface area contributed by atoms with Crippen LogP contribution in [0.4, 0.5) is 0 Å². The minimum atomic E-state index is 0.614. The number of fused-ring (bicyclic) bond motifs is 6. The fourth-order valence-electron chi connectivity index (χ4n) is 7.52. The Morgan fingerprint density at radius 1 is 0.393 bits per heavy atom. The first-order chi connectivity index (χ1) is 27.7. The van der Waals surface area contributed by atoms with Crippen molar-refractivity contribution in [3.8, 4) is 67.9 Å². The Hall–Kier alpha value is -7.35. The van der Waals surface area contributed by atoms with Gasteiger partial charge < -0.3 is 4.42 Å². The molecule has 7 aromatic carbocycles. The maximum absolute atomic E-state index is 6.40. The summed E-state index contributed by atoms with van der Waals surface area (Å²) in [5, 5.41) is 3.14. The summed E-state index contributed by atoms with van der Waals surface area (Å²) in [4.78, 5) is 25.8. The van der Waals surface area contributed by atoms with Crippen LogP contribution in [0, 0.1) is 0 Å². The molecule has 0 atom stereocenters. The third-order valence-electron chi connectivity index (χ3n) is 10.2. The first kappa shape index (κ1) is 32.1. The molecular formula is C49H29N5OS. The van der Waals surface area contributed by atoms with E-state index < -0.39 is 0 Å². The van der Waals surface area contributed by atoms with Gasteiger partial charge in [-0.05, 0) is 41.5 Å². The molecule has 0 N–H and O–H groups in total. The minimum Gasteiger partial charge on any atom is -0.452 e. The summed E-state index contributed by atoms with van der Waals surface area (Å²) in [7, 11) is 0. The van der Waals surface area contributed by atoms with Crippen LogP contribution in [0.2, 0.25) is 0 Å². The SMILES string of the molecule is c1ccc(-c2cccc(-c3nc(-c4ccccc4)nc(-c4cccc5sc6c(-c7nc(-c8ccccc8)c8oc9ccccc9c8n7)cccc6c45)n3)c2)cc1. The van der Waals surface area contributed by atoms with E-state index in [-0.39, 0.29) is 0 Å². The van der Waals surface area contributed by atoms with Crippen molar-refractivity contribution in [2.75, 3.05) is 0 Å². The molecule has 0 aliphatic carbocycles. The predicted octanol–water partition coefficient (Wildman–Crippen LogP) is 12.9. The van der Waals surface area contributed by atoms with Crippen molar-refractivity contribution < 1.29 is 4.42 Å². The lowest BCUT2D eigenvalue weighted by Crippen LogP contribution is -2.00. The van der Waals surface area contributed by atoms with E-state index >= 15 is 0 Å². The van der Waals surface area contributed by atoms with Gasteiger partial charge in [-0.3, -0.25) is 0 Å². The zero-order valence-corrected chi connectivity index (χ0v) is 30.6. The van der Waals surface area contributed by atoms with E-state index in [1.165, 1.54) is 0 Å². The zero-order valence-electron chi connectivity index (χ0n) is 29.8. The van der Waals surface area contributed by atoms with Crippen LogP contribution in [0.5, 0.6) is 0 Å². The predicted molar refractivity (Wildman–Crippen MR) is 228 cm³/mol. The van der Waals surface area contributed by atoms with Crippen LogP contribution in [-0.4, -0.2) is 24.9 Å². The van der Waals surface area contributed by atoms with E-state index in [1.54, 1.807) is 11.3 Å². The third-order valence-corrected chi connectivity index (χ3v) is 11.4. The highest BCUT2D eigenvalue weighted by Crippen LogP contribution is 2.44. The molecule has 56 heavy (non-hydrogen) atoms. The molecule has 0 bridgehead atoms. The van der Waals surface area contributed by atoms with Crippen LogP contribution in [-0.2, 0) is 0 Å². The van der Waals surface area contributed by atoms with Gasteiger partial charge in [0.25, 0.3) is 0 Å². The summed E-state index contributed by atoms with van der Waals surface area (Å²) in [6.07, 6.45) is 0. The van der Waals surface area contributed by atoms with Crippen molar-refractivity contribution in [3.05, 3.63) is 176 Å². The Bertz CT molecular complexity index is 3250. The van der Waals surface area contributed by atoms with Crippen molar-refractivity contribution in [1.29, 1.82) is 0 Å². The highest BCUT2D eigenvalue weighted by atomic mass is 32.1. The Morgan fingerprint density at radius 3 is 1.77 bits per heavy atom. The Balaban J connectivity index is 1.12. The highest BCUT2D eigenvalue weighted by molar-refractivity contribution is 7.26. The van der Waals surface area contributed by atoms with Crippen LogP contribution in [0.1, 0.15) is 0 Å². The van der Waals surface area contributed by atoms with Crippen molar-refractivity contribution in [1.82, 2.24) is 24.9 Å². The zero-order chi connectivity index (χ0) is 37.0. The van der Waals surface area contributed by atoms with Gasteiger partial charge in [0.15, 0.2) is 28.9 Å². The van der Waals surface area contributed by atoms with E-state index in [0.29, 0.717) is 28.9 Å². The molecule has 0 spiro atoms. The second kappa shape index (κ2) is 13.2. The molecule has 4 heterocycles. The second-order valence-electron chi connectivity index (χ2n) is 13.6. The quantitative estimate of drug-likeness (QED) is 0.169. The van der Waals surface area contributed by atoms with E-state index in [2.05, 4.69) is 103 Å². The van der Waals surface area contributed by atoms with Gasteiger partial charge in [0, 0.05) is 53.4 Å². The maximum Gasteiger partial charge on any atom is 0.180 e. The molecule has 0 saturated heterocycles. The fraction of sp³-hybridized carbons (Fsp3) is 0. The van der Waals surface area contributed by atoms with Crippen molar-refractivity contribution in [2.45, 2.75) is 0 Å². The topological polar surface area (TPSA) is 77.6 Å². The van der Waals surface area contributed by atoms with Gasteiger partial charge in [-0.15, -0.1) is 11.3 Å². The molecular weight excluding hydrogens is 707 g/mol. The average molecular weight is 736 g/mol. The summed E-state index contributed by atoms with van der Waals surface area (Å²) in [5.74, 6) is 2.50. The molecule has 0 radical (unpaired) electrons. The van der Waals surface area contributed by atoms with E-state index in [1.807, 2.05) is 72.8 Å².